The fourth-order valence-corrected chi connectivity index (χ4v) is 1.76. The Morgan fingerprint density at radius 1 is 1.33 bits per heavy atom. The van der Waals surface area contributed by atoms with Crippen molar-refractivity contribution in [3.05, 3.63) is 45.8 Å². The molecule has 2 aromatic rings. The highest BCUT2D eigenvalue weighted by atomic mass is 16.6. The number of anilines is 1. The van der Waals surface area contributed by atoms with E-state index in [4.69, 9.17) is 15.2 Å². The molecule has 1 aromatic carbocycles. The number of nitrogens with two attached hydrogens (primary N) is 1. The maximum Gasteiger partial charge on any atom is 0.272 e. The standard InChI is InChI=1S/C13H14N4O4/c1-8-5-9(3-4-10(8)17(18)19)21-13-6-11(14)15-12(16-13)7-20-2/h3-6H,7H2,1-2H3,(H2,14,15,16). The molecule has 0 amide bonds. The highest BCUT2D eigenvalue weighted by Gasteiger charge is 2.12. The summed E-state index contributed by atoms with van der Waals surface area (Å²) in [4.78, 5) is 18.4. The third kappa shape index (κ3) is 3.63. The van der Waals surface area contributed by atoms with E-state index in [2.05, 4.69) is 9.97 Å². The number of hydrogen-bond donors (Lipinski definition) is 1. The maximum atomic E-state index is 10.8. The number of nitro groups is 1. The van der Waals surface area contributed by atoms with Crippen LogP contribution in [0.2, 0.25) is 0 Å². The number of hydrogen-bond acceptors (Lipinski definition) is 7. The number of rotatable bonds is 5. The van der Waals surface area contributed by atoms with Gasteiger partial charge in [0.25, 0.3) is 5.69 Å². The Hall–Kier alpha value is -2.74. The molecular weight excluding hydrogens is 276 g/mol. The molecule has 0 bridgehead atoms. The molecule has 0 atom stereocenters. The van der Waals surface area contributed by atoms with Crippen LogP contribution in [0.3, 0.4) is 0 Å². The van der Waals surface area contributed by atoms with Gasteiger partial charge in [0, 0.05) is 24.8 Å². The van der Waals surface area contributed by atoms with E-state index in [1.807, 2.05) is 0 Å². The fourth-order valence-electron chi connectivity index (χ4n) is 1.76. The van der Waals surface area contributed by atoms with Crippen LogP contribution in [-0.2, 0) is 11.3 Å². The van der Waals surface area contributed by atoms with Gasteiger partial charge in [-0.05, 0) is 19.1 Å². The molecule has 0 unspecified atom stereocenters. The Bertz CT molecular complexity index is 675. The summed E-state index contributed by atoms with van der Waals surface area (Å²) < 4.78 is 10.5. The number of methoxy groups -OCH3 is 1. The van der Waals surface area contributed by atoms with Crippen molar-refractivity contribution in [3.63, 3.8) is 0 Å². The Morgan fingerprint density at radius 2 is 2.10 bits per heavy atom. The third-order valence-corrected chi connectivity index (χ3v) is 2.63. The van der Waals surface area contributed by atoms with Gasteiger partial charge in [0.15, 0.2) is 5.82 Å². The summed E-state index contributed by atoms with van der Waals surface area (Å²) in [5.74, 6) is 1.33. The van der Waals surface area contributed by atoms with Crippen LogP contribution < -0.4 is 10.5 Å². The number of aromatic nitrogens is 2. The van der Waals surface area contributed by atoms with Crippen LogP contribution in [0.4, 0.5) is 11.5 Å². The Morgan fingerprint density at radius 3 is 2.71 bits per heavy atom. The van der Waals surface area contributed by atoms with Gasteiger partial charge >= 0.3 is 0 Å². The van der Waals surface area contributed by atoms with Gasteiger partial charge in [0.1, 0.15) is 18.2 Å². The first kappa shape index (κ1) is 14.7. The van der Waals surface area contributed by atoms with Crippen molar-refractivity contribution in [3.8, 4) is 11.6 Å². The molecule has 110 valence electrons. The number of ether oxygens (including phenoxy) is 2. The molecule has 8 heteroatoms. The Balaban J connectivity index is 2.25. The molecule has 0 saturated carbocycles. The lowest BCUT2D eigenvalue weighted by Crippen LogP contribution is -2.02. The van der Waals surface area contributed by atoms with E-state index < -0.39 is 4.92 Å². The van der Waals surface area contributed by atoms with Gasteiger partial charge in [-0.3, -0.25) is 10.1 Å². The van der Waals surface area contributed by atoms with E-state index in [1.54, 1.807) is 13.0 Å². The Labute approximate surface area is 120 Å². The zero-order valence-corrected chi connectivity index (χ0v) is 11.6. The van der Waals surface area contributed by atoms with Crippen LogP contribution in [-0.4, -0.2) is 22.0 Å². The molecule has 1 heterocycles. The number of aryl methyl sites for hydroxylation is 1. The average Bonchev–Trinajstić information content (AvgIpc) is 2.37. The molecule has 2 rings (SSSR count). The predicted molar refractivity (Wildman–Crippen MR) is 75.1 cm³/mol. The minimum Gasteiger partial charge on any atom is -0.439 e. The van der Waals surface area contributed by atoms with Crippen LogP contribution in [0.5, 0.6) is 11.6 Å². The first-order chi connectivity index (χ1) is 9.99. The lowest BCUT2D eigenvalue weighted by atomic mass is 10.2. The number of benzene rings is 1. The van der Waals surface area contributed by atoms with E-state index in [0.717, 1.165) is 0 Å². The summed E-state index contributed by atoms with van der Waals surface area (Å²) in [6, 6.07) is 5.91. The van der Waals surface area contributed by atoms with Crippen molar-refractivity contribution in [1.29, 1.82) is 0 Å². The van der Waals surface area contributed by atoms with Crippen LogP contribution in [0.25, 0.3) is 0 Å². The van der Waals surface area contributed by atoms with E-state index in [1.165, 1.54) is 25.3 Å². The molecular formula is C13H14N4O4. The summed E-state index contributed by atoms with van der Waals surface area (Å²) in [5.41, 5.74) is 6.19. The second kappa shape index (κ2) is 6.14. The molecule has 0 aliphatic heterocycles. The Kier molecular flexibility index (Phi) is 4.29. The first-order valence-electron chi connectivity index (χ1n) is 6.05. The molecule has 0 aliphatic carbocycles. The molecule has 0 fully saturated rings. The summed E-state index contributed by atoms with van der Waals surface area (Å²) in [5, 5.41) is 10.8. The fraction of sp³-hybridized carbons (Fsp3) is 0.231. The van der Waals surface area contributed by atoms with Gasteiger partial charge < -0.3 is 15.2 Å². The smallest absolute Gasteiger partial charge is 0.272 e. The van der Waals surface area contributed by atoms with Crippen molar-refractivity contribution >= 4 is 11.5 Å². The van der Waals surface area contributed by atoms with Crippen LogP contribution >= 0.6 is 0 Å². The average molecular weight is 290 g/mol. The van der Waals surface area contributed by atoms with Gasteiger partial charge in [-0.2, -0.15) is 4.98 Å². The topological polar surface area (TPSA) is 113 Å². The lowest BCUT2D eigenvalue weighted by Gasteiger charge is -2.08. The highest BCUT2D eigenvalue weighted by Crippen LogP contribution is 2.26. The van der Waals surface area contributed by atoms with E-state index in [-0.39, 0.29) is 24.0 Å². The largest absolute Gasteiger partial charge is 0.439 e. The van der Waals surface area contributed by atoms with Crippen molar-refractivity contribution in [2.24, 2.45) is 0 Å². The lowest BCUT2D eigenvalue weighted by molar-refractivity contribution is -0.385. The molecule has 21 heavy (non-hydrogen) atoms. The normalized spacial score (nSPS) is 10.4. The van der Waals surface area contributed by atoms with Gasteiger partial charge in [0.2, 0.25) is 5.88 Å². The van der Waals surface area contributed by atoms with Crippen LogP contribution in [0, 0.1) is 17.0 Å². The third-order valence-electron chi connectivity index (χ3n) is 2.63. The number of nitrogens with zero attached hydrogens (tertiary/aromatic N) is 3. The maximum absolute atomic E-state index is 10.8. The minimum absolute atomic E-state index is 0.0321. The minimum atomic E-state index is -0.446. The van der Waals surface area contributed by atoms with Crippen molar-refractivity contribution in [2.45, 2.75) is 13.5 Å². The molecule has 0 radical (unpaired) electrons. The van der Waals surface area contributed by atoms with Gasteiger partial charge in [-0.1, -0.05) is 0 Å². The molecule has 0 aliphatic rings. The zero-order chi connectivity index (χ0) is 15.4. The molecule has 0 saturated heterocycles. The number of nitro benzene ring substituents is 1. The SMILES string of the molecule is COCc1nc(N)cc(Oc2ccc([N+](=O)[O-])c(C)c2)n1. The summed E-state index contributed by atoms with van der Waals surface area (Å²) >= 11 is 0. The second-order valence-corrected chi connectivity index (χ2v) is 4.29. The van der Waals surface area contributed by atoms with E-state index in [0.29, 0.717) is 17.1 Å². The molecule has 0 spiro atoms. The van der Waals surface area contributed by atoms with Crippen molar-refractivity contribution in [1.82, 2.24) is 9.97 Å². The van der Waals surface area contributed by atoms with Crippen molar-refractivity contribution in [2.75, 3.05) is 12.8 Å². The monoisotopic (exact) mass is 290 g/mol. The van der Waals surface area contributed by atoms with Crippen LogP contribution in [0.15, 0.2) is 24.3 Å². The van der Waals surface area contributed by atoms with E-state index in [9.17, 15) is 10.1 Å². The highest BCUT2D eigenvalue weighted by molar-refractivity contribution is 5.45. The number of nitrogen functional groups attached to an aromatic ring is 1. The summed E-state index contributed by atoms with van der Waals surface area (Å²) in [6.07, 6.45) is 0. The predicted octanol–water partition coefficient (Wildman–Crippen LogP) is 2.21. The van der Waals surface area contributed by atoms with Gasteiger partial charge in [0.05, 0.1) is 4.92 Å². The molecule has 1 aromatic heterocycles. The summed E-state index contributed by atoms with van der Waals surface area (Å²) in [7, 11) is 1.52. The quantitative estimate of drug-likeness (QED) is 0.663. The summed E-state index contributed by atoms with van der Waals surface area (Å²) in [6.45, 7) is 1.84. The van der Waals surface area contributed by atoms with Crippen molar-refractivity contribution < 1.29 is 14.4 Å². The molecule has 2 N–H and O–H groups in total. The van der Waals surface area contributed by atoms with Gasteiger partial charge in [-0.15, -0.1) is 0 Å². The van der Waals surface area contributed by atoms with Gasteiger partial charge in [-0.25, -0.2) is 4.98 Å². The second-order valence-electron chi connectivity index (χ2n) is 4.29. The van der Waals surface area contributed by atoms with Crippen LogP contribution in [0.1, 0.15) is 11.4 Å². The molecule has 8 nitrogen and oxygen atoms in total. The first-order valence-corrected chi connectivity index (χ1v) is 6.05. The van der Waals surface area contributed by atoms with E-state index >= 15 is 0 Å². The zero-order valence-electron chi connectivity index (χ0n) is 11.6.